The van der Waals surface area contributed by atoms with Gasteiger partial charge < -0.3 is 9.32 Å². The molecule has 0 bridgehead atoms. The number of rotatable bonds is 8. The van der Waals surface area contributed by atoms with Crippen LogP contribution in [-0.4, -0.2) is 0 Å². The summed E-state index contributed by atoms with van der Waals surface area (Å²) in [5, 5.41) is 4.64. The lowest BCUT2D eigenvalue weighted by Crippen LogP contribution is -2.28. The van der Waals surface area contributed by atoms with Gasteiger partial charge in [0.1, 0.15) is 11.2 Å². The average Bonchev–Trinajstić information content (AvgIpc) is 3.96. The molecule has 13 rings (SSSR count). The Morgan fingerprint density at radius 3 is 1.65 bits per heavy atom. The van der Waals surface area contributed by atoms with Gasteiger partial charge in [0, 0.05) is 33.3 Å². The summed E-state index contributed by atoms with van der Waals surface area (Å²) in [6.45, 7) is 6.80. The molecule has 0 spiro atoms. The molecule has 1 aliphatic rings. The monoisotopic (exact) mass is 909 g/mol. The van der Waals surface area contributed by atoms with Crippen LogP contribution >= 0.6 is 0 Å². The van der Waals surface area contributed by atoms with Gasteiger partial charge in [-0.2, -0.15) is 0 Å². The minimum absolute atomic E-state index is 0.0849. The van der Waals surface area contributed by atoms with E-state index in [1.165, 1.54) is 66.4 Å². The van der Waals surface area contributed by atoms with Gasteiger partial charge in [-0.05, 0) is 114 Å². The molecule has 338 valence electrons. The van der Waals surface area contributed by atoms with Crippen LogP contribution in [-0.2, 0) is 10.8 Å². The van der Waals surface area contributed by atoms with Crippen molar-refractivity contribution in [3.05, 3.63) is 283 Å². The largest absolute Gasteiger partial charge is 0.455 e. The number of fused-ring (bicyclic) bond motifs is 7. The van der Waals surface area contributed by atoms with Crippen LogP contribution in [0.1, 0.15) is 48.6 Å². The van der Waals surface area contributed by atoms with Crippen molar-refractivity contribution < 1.29 is 4.42 Å². The number of hydrogen-bond acceptors (Lipinski definition) is 2. The van der Waals surface area contributed by atoms with E-state index in [-0.39, 0.29) is 5.41 Å². The molecule has 71 heavy (non-hydrogen) atoms. The Bertz CT molecular complexity index is 3890. The number of furan rings is 1. The molecule has 0 saturated heterocycles. The van der Waals surface area contributed by atoms with Crippen LogP contribution in [0.4, 0.5) is 17.1 Å². The molecule has 0 fully saturated rings. The highest BCUT2D eigenvalue weighted by atomic mass is 16.3. The van der Waals surface area contributed by atoms with E-state index in [1.54, 1.807) is 0 Å². The number of hydrogen-bond donors (Lipinski definition) is 0. The lowest BCUT2D eigenvalue weighted by atomic mass is 9.68. The highest BCUT2D eigenvalue weighted by molar-refractivity contribution is 6.10. The van der Waals surface area contributed by atoms with Crippen molar-refractivity contribution in [3.63, 3.8) is 0 Å². The van der Waals surface area contributed by atoms with Gasteiger partial charge in [0.2, 0.25) is 0 Å². The molecule has 1 aromatic heterocycles. The molecule has 0 saturated carbocycles. The summed E-state index contributed by atoms with van der Waals surface area (Å²) in [5.41, 5.74) is 20.4. The Kier molecular flexibility index (Phi) is 10.0. The molecule has 11 aromatic carbocycles. The van der Waals surface area contributed by atoms with Gasteiger partial charge in [-0.3, -0.25) is 0 Å². The third kappa shape index (κ3) is 6.93. The molecule has 12 aromatic rings. The first kappa shape index (κ1) is 42.4. The van der Waals surface area contributed by atoms with E-state index in [4.69, 9.17) is 4.42 Å². The first-order chi connectivity index (χ1) is 34.8. The van der Waals surface area contributed by atoms with Crippen LogP contribution in [0.5, 0.6) is 0 Å². The quantitative estimate of drug-likeness (QED) is 0.151. The standard InChI is InChI=1S/C69H51NO/c1-68(2,3)51-38-33-46(34-39-51)47-35-40-54(41-36-47)70(55-42-43-63-61(45-55)58-23-12-14-27-62(58)69(63,52-18-6-4-7-19-52)53-20-8-5-9-21-53)64-44-37-48-17-10-11-22-56(48)66(64)50-31-29-49(30-32-50)57-25-16-26-60-59-24-13-15-28-65(59)71-67(57)60/h4-45H,1-3H3. The van der Waals surface area contributed by atoms with Gasteiger partial charge in [0.15, 0.2) is 0 Å². The summed E-state index contributed by atoms with van der Waals surface area (Å²) in [4.78, 5) is 2.48. The zero-order valence-electron chi connectivity index (χ0n) is 40.1. The summed E-state index contributed by atoms with van der Waals surface area (Å²) < 4.78 is 6.52. The second kappa shape index (κ2) is 16.8. The number of benzene rings is 11. The molecule has 0 radical (unpaired) electrons. The van der Waals surface area contributed by atoms with E-state index in [9.17, 15) is 0 Å². The topological polar surface area (TPSA) is 16.4 Å². The normalized spacial score (nSPS) is 12.8. The summed E-state index contributed by atoms with van der Waals surface area (Å²) in [6, 6.07) is 93.8. The second-order valence-corrected chi connectivity index (χ2v) is 20.0. The average molecular weight is 910 g/mol. The predicted octanol–water partition coefficient (Wildman–Crippen LogP) is 18.9. The van der Waals surface area contributed by atoms with Crippen molar-refractivity contribution in [2.24, 2.45) is 0 Å². The summed E-state index contributed by atoms with van der Waals surface area (Å²) in [5.74, 6) is 0. The van der Waals surface area contributed by atoms with Crippen molar-refractivity contribution in [1.29, 1.82) is 0 Å². The van der Waals surface area contributed by atoms with Crippen molar-refractivity contribution >= 4 is 49.8 Å². The number of para-hydroxylation sites is 2. The Morgan fingerprint density at radius 1 is 0.380 bits per heavy atom. The third-order valence-corrected chi connectivity index (χ3v) is 14.9. The minimum atomic E-state index is -0.495. The summed E-state index contributed by atoms with van der Waals surface area (Å²) in [7, 11) is 0. The van der Waals surface area contributed by atoms with Gasteiger partial charge in [0.25, 0.3) is 0 Å². The maximum Gasteiger partial charge on any atom is 0.143 e. The molecule has 1 aliphatic carbocycles. The van der Waals surface area contributed by atoms with Gasteiger partial charge in [-0.15, -0.1) is 0 Å². The highest BCUT2D eigenvalue weighted by Crippen LogP contribution is 2.57. The van der Waals surface area contributed by atoms with Gasteiger partial charge in [-0.25, -0.2) is 0 Å². The molecule has 0 aliphatic heterocycles. The van der Waals surface area contributed by atoms with Crippen molar-refractivity contribution in [2.75, 3.05) is 4.90 Å². The van der Waals surface area contributed by atoms with Crippen LogP contribution in [0.25, 0.3) is 77.2 Å². The molecule has 2 heteroatoms. The van der Waals surface area contributed by atoms with Crippen LogP contribution in [0.2, 0.25) is 0 Å². The fourth-order valence-electron chi connectivity index (χ4n) is 11.5. The molecule has 0 N–H and O–H groups in total. The van der Waals surface area contributed by atoms with E-state index < -0.39 is 5.41 Å². The first-order valence-corrected chi connectivity index (χ1v) is 24.7. The maximum atomic E-state index is 6.52. The zero-order valence-corrected chi connectivity index (χ0v) is 40.1. The van der Waals surface area contributed by atoms with E-state index >= 15 is 0 Å². The maximum absolute atomic E-state index is 6.52. The Morgan fingerprint density at radius 2 is 0.930 bits per heavy atom. The van der Waals surface area contributed by atoms with E-state index in [0.717, 1.165) is 55.7 Å². The smallest absolute Gasteiger partial charge is 0.143 e. The van der Waals surface area contributed by atoms with E-state index in [1.807, 2.05) is 6.07 Å². The van der Waals surface area contributed by atoms with Crippen LogP contribution in [0.15, 0.2) is 259 Å². The highest BCUT2D eigenvalue weighted by Gasteiger charge is 2.46. The fourth-order valence-corrected chi connectivity index (χ4v) is 11.5. The van der Waals surface area contributed by atoms with Crippen LogP contribution < -0.4 is 4.90 Å². The number of anilines is 3. The lowest BCUT2D eigenvalue weighted by molar-refractivity contribution is 0.590. The summed E-state index contributed by atoms with van der Waals surface area (Å²) >= 11 is 0. The Labute approximate surface area is 415 Å². The predicted molar refractivity (Wildman–Crippen MR) is 298 cm³/mol. The molecule has 0 amide bonds. The summed E-state index contributed by atoms with van der Waals surface area (Å²) in [6.07, 6.45) is 0. The first-order valence-electron chi connectivity index (χ1n) is 24.7. The van der Waals surface area contributed by atoms with E-state index in [2.05, 4.69) is 274 Å². The fraction of sp³-hybridized carbons (Fsp3) is 0.0725. The molecule has 2 nitrogen and oxygen atoms in total. The van der Waals surface area contributed by atoms with Crippen molar-refractivity contribution in [2.45, 2.75) is 31.6 Å². The van der Waals surface area contributed by atoms with Crippen molar-refractivity contribution in [1.82, 2.24) is 0 Å². The SMILES string of the molecule is CC(C)(C)c1ccc(-c2ccc(N(c3ccc4c(c3)-c3ccccc3C4(c3ccccc3)c3ccccc3)c3ccc4ccccc4c3-c3ccc(-c4cccc5c4oc4ccccc45)cc3)cc2)cc1. The molecular weight excluding hydrogens is 859 g/mol. The third-order valence-electron chi connectivity index (χ3n) is 14.9. The van der Waals surface area contributed by atoms with Gasteiger partial charge >= 0.3 is 0 Å². The minimum Gasteiger partial charge on any atom is -0.455 e. The lowest BCUT2D eigenvalue weighted by Gasteiger charge is -2.34. The second-order valence-electron chi connectivity index (χ2n) is 20.0. The Hall–Kier alpha value is -8.72. The van der Waals surface area contributed by atoms with E-state index in [0.29, 0.717) is 0 Å². The van der Waals surface area contributed by atoms with Gasteiger partial charge in [-0.1, -0.05) is 239 Å². The molecular formula is C69H51NO. The van der Waals surface area contributed by atoms with Gasteiger partial charge in [0.05, 0.1) is 11.1 Å². The molecule has 1 heterocycles. The zero-order chi connectivity index (χ0) is 47.7. The van der Waals surface area contributed by atoms with Crippen LogP contribution in [0.3, 0.4) is 0 Å². The Balaban J connectivity index is 1.01. The number of nitrogens with zero attached hydrogens (tertiary/aromatic N) is 1. The van der Waals surface area contributed by atoms with Crippen LogP contribution in [0, 0.1) is 0 Å². The van der Waals surface area contributed by atoms with Crippen molar-refractivity contribution in [3.8, 4) is 44.5 Å². The molecule has 0 atom stereocenters. The molecule has 0 unspecified atom stereocenters.